The summed E-state index contributed by atoms with van der Waals surface area (Å²) in [7, 11) is 0. The number of aromatic nitrogens is 3. The lowest BCUT2D eigenvalue weighted by Gasteiger charge is -2.17. The van der Waals surface area contributed by atoms with Crippen molar-refractivity contribution in [1.29, 1.82) is 0 Å². The molecule has 3 heterocycles. The molecule has 0 unspecified atom stereocenters. The molecule has 140 valence electrons. The smallest absolute Gasteiger partial charge is 0.325 e. The Bertz CT molecular complexity index is 850. The van der Waals surface area contributed by atoms with Crippen LogP contribution < -0.4 is 10.2 Å². The van der Waals surface area contributed by atoms with Gasteiger partial charge in [0.2, 0.25) is 0 Å². The van der Waals surface area contributed by atoms with Crippen molar-refractivity contribution in [1.82, 2.24) is 25.2 Å². The standard InChI is InChI=1S/C19H22N6O2/c1-13-6-15(8-20-7-13)18(26)23-10-16-9-22-17(11-21-16)25-5-4-24(19(25)27)12-14-2-3-14/h6-9,11,14H,2-5,10,12H2,1H3,(H,23,26). The molecular weight excluding hydrogens is 344 g/mol. The van der Waals surface area contributed by atoms with Crippen molar-refractivity contribution < 1.29 is 9.59 Å². The summed E-state index contributed by atoms with van der Waals surface area (Å²) in [4.78, 5) is 40.9. The number of nitrogens with one attached hydrogen (secondary N) is 1. The van der Waals surface area contributed by atoms with Gasteiger partial charge in [0.1, 0.15) is 0 Å². The Labute approximate surface area is 157 Å². The van der Waals surface area contributed by atoms with Crippen LogP contribution in [0.4, 0.5) is 10.6 Å². The number of carbonyl (C=O) groups is 2. The minimum atomic E-state index is -0.206. The van der Waals surface area contributed by atoms with Gasteiger partial charge < -0.3 is 10.2 Å². The molecule has 27 heavy (non-hydrogen) atoms. The number of aryl methyl sites for hydroxylation is 1. The lowest BCUT2D eigenvalue weighted by atomic mass is 10.2. The Kier molecular flexibility index (Phi) is 4.70. The molecule has 4 rings (SSSR count). The Morgan fingerprint density at radius 3 is 2.74 bits per heavy atom. The maximum absolute atomic E-state index is 12.5. The molecule has 1 saturated carbocycles. The fraction of sp³-hybridized carbons (Fsp3) is 0.421. The second-order valence-electron chi connectivity index (χ2n) is 7.12. The van der Waals surface area contributed by atoms with E-state index >= 15 is 0 Å². The van der Waals surface area contributed by atoms with E-state index in [0.29, 0.717) is 29.5 Å². The molecule has 0 bridgehead atoms. The first kappa shape index (κ1) is 17.4. The largest absolute Gasteiger partial charge is 0.346 e. The van der Waals surface area contributed by atoms with E-state index in [1.165, 1.54) is 19.0 Å². The molecule has 2 aromatic rings. The van der Waals surface area contributed by atoms with Crippen LogP contribution in [0.5, 0.6) is 0 Å². The Hall–Kier alpha value is -3.03. The lowest BCUT2D eigenvalue weighted by molar-refractivity contribution is 0.0950. The summed E-state index contributed by atoms with van der Waals surface area (Å²) < 4.78 is 0. The van der Waals surface area contributed by atoms with Crippen molar-refractivity contribution in [2.75, 3.05) is 24.5 Å². The van der Waals surface area contributed by atoms with Gasteiger partial charge in [-0.25, -0.2) is 9.78 Å². The van der Waals surface area contributed by atoms with E-state index in [1.807, 2.05) is 11.8 Å². The fourth-order valence-electron chi connectivity index (χ4n) is 3.11. The highest BCUT2D eigenvalue weighted by Crippen LogP contribution is 2.31. The SMILES string of the molecule is Cc1cncc(C(=O)NCc2cnc(N3CCN(CC4CC4)C3=O)cn2)c1. The summed E-state index contributed by atoms with van der Waals surface area (Å²) in [5.41, 5.74) is 2.07. The first-order chi connectivity index (χ1) is 13.1. The zero-order valence-electron chi connectivity index (χ0n) is 15.3. The van der Waals surface area contributed by atoms with Gasteiger partial charge >= 0.3 is 6.03 Å². The van der Waals surface area contributed by atoms with Gasteiger partial charge in [0.25, 0.3) is 5.91 Å². The highest BCUT2D eigenvalue weighted by Gasteiger charge is 2.34. The predicted octanol–water partition coefficient (Wildman–Crippen LogP) is 1.76. The topological polar surface area (TPSA) is 91.3 Å². The van der Waals surface area contributed by atoms with Crippen LogP contribution in [0.2, 0.25) is 0 Å². The number of nitrogens with zero attached hydrogens (tertiary/aromatic N) is 5. The number of carbonyl (C=O) groups excluding carboxylic acids is 2. The number of pyridine rings is 1. The maximum Gasteiger partial charge on any atom is 0.325 e. The Balaban J connectivity index is 1.33. The predicted molar refractivity (Wildman–Crippen MR) is 99.2 cm³/mol. The van der Waals surface area contributed by atoms with E-state index in [0.717, 1.165) is 18.7 Å². The van der Waals surface area contributed by atoms with Crippen molar-refractivity contribution in [3.63, 3.8) is 0 Å². The normalized spacial score (nSPS) is 16.7. The van der Waals surface area contributed by atoms with Crippen LogP contribution in [0.15, 0.2) is 30.9 Å². The zero-order valence-corrected chi connectivity index (χ0v) is 15.3. The van der Waals surface area contributed by atoms with Gasteiger partial charge in [0.05, 0.1) is 30.2 Å². The van der Waals surface area contributed by atoms with Crippen molar-refractivity contribution in [2.45, 2.75) is 26.3 Å². The molecule has 0 spiro atoms. The van der Waals surface area contributed by atoms with Crippen molar-refractivity contribution in [2.24, 2.45) is 5.92 Å². The van der Waals surface area contributed by atoms with Gasteiger partial charge in [-0.05, 0) is 37.3 Å². The molecule has 0 aromatic carbocycles. The first-order valence-corrected chi connectivity index (χ1v) is 9.17. The van der Waals surface area contributed by atoms with Crippen LogP contribution in [-0.2, 0) is 6.54 Å². The van der Waals surface area contributed by atoms with E-state index < -0.39 is 0 Å². The number of urea groups is 1. The molecule has 1 N–H and O–H groups in total. The molecule has 1 saturated heterocycles. The van der Waals surface area contributed by atoms with E-state index in [1.54, 1.807) is 29.6 Å². The van der Waals surface area contributed by atoms with E-state index in [9.17, 15) is 9.59 Å². The molecule has 2 aromatic heterocycles. The summed E-state index contributed by atoms with van der Waals surface area (Å²) >= 11 is 0. The van der Waals surface area contributed by atoms with Crippen molar-refractivity contribution in [3.8, 4) is 0 Å². The van der Waals surface area contributed by atoms with Gasteiger partial charge in [-0.2, -0.15) is 0 Å². The van der Waals surface area contributed by atoms with Gasteiger partial charge in [0.15, 0.2) is 5.82 Å². The minimum absolute atomic E-state index is 0.00389. The molecule has 8 heteroatoms. The average molecular weight is 366 g/mol. The van der Waals surface area contributed by atoms with Crippen molar-refractivity contribution in [3.05, 3.63) is 47.7 Å². The number of hydrogen-bond acceptors (Lipinski definition) is 5. The maximum atomic E-state index is 12.5. The van der Waals surface area contributed by atoms with Crippen LogP contribution in [0.1, 0.15) is 34.5 Å². The van der Waals surface area contributed by atoms with E-state index in [2.05, 4.69) is 20.3 Å². The second kappa shape index (κ2) is 7.30. The third-order valence-electron chi connectivity index (χ3n) is 4.81. The second-order valence-corrected chi connectivity index (χ2v) is 7.12. The van der Waals surface area contributed by atoms with E-state index in [-0.39, 0.29) is 18.5 Å². The molecule has 1 aliphatic carbocycles. The van der Waals surface area contributed by atoms with Gasteiger partial charge in [0, 0.05) is 32.0 Å². The van der Waals surface area contributed by atoms with Gasteiger partial charge in [-0.15, -0.1) is 0 Å². The monoisotopic (exact) mass is 366 g/mol. The van der Waals surface area contributed by atoms with Crippen LogP contribution in [-0.4, -0.2) is 51.4 Å². The molecule has 3 amide bonds. The van der Waals surface area contributed by atoms with Gasteiger partial charge in [-0.3, -0.25) is 19.7 Å². The van der Waals surface area contributed by atoms with Crippen LogP contribution in [0.25, 0.3) is 0 Å². The molecule has 0 radical (unpaired) electrons. The third kappa shape index (κ3) is 4.05. The average Bonchev–Trinajstić information content (AvgIpc) is 3.43. The van der Waals surface area contributed by atoms with Crippen LogP contribution in [0, 0.1) is 12.8 Å². The number of hydrogen-bond donors (Lipinski definition) is 1. The van der Waals surface area contributed by atoms with Gasteiger partial charge in [-0.1, -0.05) is 0 Å². The highest BCUT2D eigenvalue weighted by molar-refractivity contribution is 5.94. The summed E-state index contributed by atoms with van der Waals surface area (Å²) in [6.45, 7) is 4.37. The zero-order chi connectivity index (χ0) is 18.8. The lowest BCUT2D eigenvalue weighted by Crippen LogP contribution is -2.33. The summed E-state index contributed by atoms with van der Waals surface area (Å²) in [6.07, 6.45) is 8.87. The van der Waals surface area contributed by atoms with Crippen LogP contribution >= 0.6 is 0 Å². The minimum Gasteiger partial charge on any atom is -0.346 e. The molecule has 8 nitrogen and oxygen atoms in total. The quantitative estimate of drug-likeness (QED) is 0.841. The molecule has 2 fully saturated rings. The molecule has 1 aliphatic heterocycles. The van der Waals surface area contributed by atoms with Crippen molar-refractivity contribution >= 4 is 17.8 Å². The molecule has 2 aliphatic rings. The first-order valence-electron chi connectivity index (χ1n) is 9.17. The Morgan fingerprint density at radius 2 is 2.04 bits per heavy atom. The summed E-state index contributed by atoms with van der Waals surface area (Å²) in [5, 5.41) is 2.81. The Morgan fingerprint density at radius 1 is 1.19 bits per heavy atom. The summed E-state index contributed by atoms with van der Waals surface area (Å²) in [6, 6.07) is 1.79. The van der Waals surface area contributed by atoms with E-state index in [4.69, 9.17) is 0 Å². The third-order valence-corrected chi connectivity index (χ3v) is 4.81. The van der Waals surface area contributed by atoms with Crippen LogP contribution in [0.3, 0.4) is 0 Å². The number of rotatable bonds is 6. The summed E-state index contributed by atoms with van der Waals surface area (Å²) in [5.74, 6) is 1.02. The fourth-order valence-corrected chi connectivity index (χ4v) is 3.11. The number of anilines is 1. The number of amides is 3. The highest BCUT2D eigenvalue weighted by atomic mass is 16.2. The molecule has 0 atom stereocenters. The molecular formula is C19H22N6O2.